The van der Waals surface area contributed by atoms with Crippen LogP contribution in [0.5, 0.6) is 5.75 Å². The van der Waals surface area contributed by atoms with Crippen molar-refractivity contribution in [2.45, 2.75) is 33.2 Å². The largest absolute Gasteiger partial charge is 0.497 e. The van der Waals surface area contributed by atoms with Gasteiger partial charge in [0.25, 0.3) is 5.91 Å². The number of hydrogen-bond donors (Lipinski definition) is 0. The number of amides is 2. The summed E-state index contributed by atoms with van der Waals surface area (Å²) in [6, 6.07) is 15.8. The summed E-state index contributed by atoms with van der Waals surface area (Å²) < 4.78 is 5.23. The number of methoxy groups -OCH3 is 1. The van der Waals surface area contributed by atoms with Crippen LogP contribution >= 0.6 is 0 Å². The first-order chi connectivity index (χ1) is 14.9. The molecular formula is C25H33N3O3. The van der Waals surface area contributed by atoms with E-state index in [0.29, 0.717) is 44.2 Å². The van der Waals surface area contributed by atoms with Crippen LogP contribution < -0.4 is 9.64 Å². The summed E-state index contributed by atoms with van der Waals surface area (Å²) in [6.45, 7) is 9.61. The van der Waals surface area contributed by atoms with Crippen LogP contribution in [0.3, 0.4) is 0 Å². The molecule has 3 rings (SSSR count). The molecule has 0 saturated carbocycles. The molecule has 1 aliphatic rings. The van der Waals surface area contributed by atoms with Gasteiger partial charge in [0, 0.05) is 50.0 Å². The van der Waals surface area contributed by atoms with E-state index in [9.17, 15) is 9.59 Å². The molecule has 0 spiro atoms. The predicted octanol–water partition coefficient (Wildman–Crippen LogP) is 3.46. The first-order valence-electron chi connectivity index (χ1n) is 11.0. The molecule has 0 unspecified atom stereocenters. The SMILES string of the molecule is CCN(c1ccc(C(=O)N2CCN(C(=O)Cc3cccc(OC)c3)CC2)cc1)C(C)C. The minimum Gasteiger partial charge on any atom is -0.497 e. The van der Waals surface area contributed by atoms with Crippen molar-refractivity contribution in [3.8, 4) is 5.75 Å². The molecule has 1 aliphatic heterocycles. The Hall–Kier alpha value is -3.02. The highest BCUT2D eigenvalue weighted by Crippen LogP contribution is 2.19. The average Bonchev–Trinajstić information content (AvgIpc) is 2.79. The molecule has 0 aromatic heterocycles. The number of carbonyl (C=O) groups excluding carboxylic acids is 2. The third kappa shape index (κ3) is 5.57. The summed E-state index contributed by atoms with van der Waals surface area (Å²) in [7, 11) is 1.62. The lowest BCUT2D eigenvalue weighted by Crippen LogP contribution is -2.51. The van der Waals surface area contributed by atoms with E-state index in [0.717, 1.165) is 23.5 Å². The average molecular weight is 424 g/mol. The zero-order chi connectivity index (χ0) is 22.4. The number of hydrogen-bond acceptors (Lipinski definition) is 4. The quantitative estimate of drug-likeness (QED) is 0.684. The van der Waals surface area contributed by atoms with Crippen molar-refractivity contribution in [1.82, 2.24) is 9.80 Å². The van der Waals surface area contributed by atoms with Crippen molar-refractivity contribution in [1.29, 1.82) is 0 Å². The Bertz CT molecular complexity index is 887. The monoisotopic (exact) mass is 423 g/mol. The van der Waals surface area contributed by atoms with Gasteiger partial charge in [-0.05, 0) is 62.7 Å². The van der Waals surface area contributed by atoms with Gasteiger partial charge in [-0.3, -0.25) is 9.59 Å². The van der Waals surface area contributed by atoms with Gasteiger partial charge in [0.15, 0.2) is 0 Å². The summed E-state index contributed by atoms with van der Waals surface area (Å²) in [5.74, 6) is 0.860. The zero-order valence-corrected chi connectivity index (χ0v) is 19.0. The third-order valence-corrected chi connectivity index (χ3v) is 5.82. The fraction of sp³-hybridized carbons (Fsp3) is 0.440. The molecule has 2 aromatic rings. The van der Waals surface area contributed by atoms with E-state index < -0.39 is 0 Å². The normalized spacial score (nSPS) is 14.0. The number of benzene rings is 2. The Morgan fingerprint density at radius 3 is 2.23 bits per heavy atom. The van der Waals surface area contributed by atoms with Crippen molar-refractivity contribution < 1.29 is 14.3 Å². The molecule has 0 aliphatic carbocycles. The summed E-state index contributed by atoms with van der Waals surface area (Å²) in [4.78, 5) is 31.6. The number of anilines is 1. The molecule has 1 saturated heterocycles. The van der Waals surface area contributed by atoms with Crippen molar-refractivity contribution in [3.05, 3.63) is 59.7 Å². The Kier molecular flexibility index (Phi) is 7.55. The maximum absolute atomic E-state index is 12.9. The smallest absolute Gasteiger partial charge is 0.253 e. The molecular weight excluding hydrogens is 390 g/mol. The number of ether oxygens (including phenoxy) is 1. The highest BCUT2D eigenvalue weighted by molar-refractivity contribution is 5.94. The molecule has 1 heterocycles. The fourth-order valence-corrected chi connectivity index (χ4v) is 4.05. The van der Waals surface area contributed by atoms with Crippen LogP contribution in [0.4, 0.5) is 5.69 Å². The van der Waals surface area contributed by atoms with Crippen molar-refractivity contribution in [2.24, 2.45) is 0 Å². The summed E-state index contributed by atoms with van der Waals surface area (Å²) in [6.07, 6.45) is 0.344. The van der Waals surface area contributed by atoms with E-state index in [1.54, 1.807) is 7.11 Å². The van der Waals surface area contributed by atoms with Crippen LogP contribution in [0.15, 0.2) is 48.5 Å². The van der Waals surface area contributed by atoms with E-state index in [1.165, 1.54) is 0 Å². The second-order valence-electron chi connectivity index (χ2n) is 8.13. The summed E-state index contributed by atoms with van der Waals surface area (Å²) in [5.41, 5.74) is 2.76. The molecule has 31 heavy (non-hydrogen) atoms. The van der Waals surface area contributed by atoms with Gasteiger partial charge in [-0.25, -0.2) is 0 Å². The van der Waals surface area contributed by atoms with Gasteiger partial charge in [-0.15, -0.1) is 0 Å². The van der Waals surface area contributed by atoms with E-state index in [-0.39, 0.29) is 11.8 Å². The molecule has 166 valence electrons. The maximum atomic E-state index is 12.9. The molecule has 0 bridgehead atoms. The van der Waals surface area contributed by atoms with Crippen LogP contribution in [-0.2, 0) is 11.2 Å². The zero-order valence-electron chi connectivity index (χ0n) is 19.0. The highest BCUT2D eigenvalue weighted by atomic mass is 16.5. The van der Waals surface area contributed by atoms with Crippen LogP contribution in [0.2, 0.25) is 0 Å². The topological polar surface area (TPSA) is 53.1 Å². The fourth-order valence-electron chi connectivity index (χ4n) is 4.05. The van der Waals surface area contributed by atoms with Gasteiger partial charge in [-0.2, -0.15) is 0 Å². The predicted molar refractivity (Wildman–Crippen MR) is 124 cm³/mol. The number of nitrogens with zero attached hydrogens (tertiary/aromatic N) is 3. The van der Waals surface area contributed by atoms with Crippen LogP contribution in [-0.4, -0.2) is 67.5 Å². The maximum Gasteiger partial charge on any atom is 0.253 e. The van der Waals surface area contributed by atoms with Crippen molar-refractivity contribution in [2.75, 3.05) is 44.7 Å². The summed E-state index contributed by atoms with van der Waals surface area (Å²) in [5, 5.41) is 0. The van der Waals surface area contributed by atoms with E-state index in [2.05, 4.69) is 25.7 Å². The van der Waals surface area contributed by atoms with Gasteiger partial charge < -0.3 is 19.4 Å². The van der Waals surface area contributed by atoms with Gasteiger partial charge in [0.1, 0.15) is 5.75 Å². The standard InChI is InChI=1S/C25H33N3O3/c1-5-28(19(2)3)22-11-9-21(10-12-22)25(30)27-15-13-26(14-16-27)24(29)18-20-7-6-8-23(17-20)31-4/h6-12,17,19H,5,13-16,18H2,1-4H3. The van der Waals surface area contributed by atoms with Gasteiger partial charge in [-0.1, -0.05) is 12.1 Å². The minimum absolute atomic E-state index is 0.0269. The van der Waals surface area contributed by atoms with E-state index in [4.69, 9.17) is 4.74 Å². The van der Waals surface area contributed by atoms with Gasteiger partial charge in [0.05, 0.1) is 13.5 Å². The Morgan fingerprint density at radius 2 is 1.65 bits per heavy atom. The molecule has 6 nitrogen and oxygen atoms in total. The minimum atomic E-state index is 0.0269. The summed E-state index contributed by atoms with van der Waals surface area (Å²) >= 11 is 0. The molecule has 0 atom stereocenters. The van der Waals surface area contributed by atoms with Crippen LogP contribution in [0.1, 0.15) is 36.7 Å². The molecule has 0 N–H and O–H groups in total. The number of carbonyl (C=O) groups is 2. The van der Waals surface area contributed by atoms with Crippen molar-refractivity contribution in [3.63, 3.8) is 0 Å². The lowest BCUT2D eigenvalue weighted by Gasteiger charge is -2.35. The molecule has 2 amide bonds. The number of piperazine rings is 1. The molecule has 0 radical (unpaired) electrons. The molecule has 1 fully saturated rings. The third-order valence-electron chi connectivity index (χ3n) is 5.82. The van der Waals surface area contributed by atoms with Crippen molar-refractivity contribution >= 4 is 17.5 Å². The number of rotatable bonds is 7. The lowest BCUT2D eigenvalue weighted by molar-refractivity contribution is -0.131. The lowest BCUT2D eigenvalue weighted by atomic mass is 10.1. The Morgan fingerprint density at radius 1 is 1.00 bits per heavy atom. The Labute approximate surface area is 185 Å². The first kappa shape index (κ1) is 22.7. The second-order valence-corrected chi connectivity index (χ2v) is 8.13. The van der Waals surface area contributed by atoms with E-state index in [1.807, 2.05) is 58.3 Å². The van der Waals surface area contributed by atoms with Crippen LogP contribution in [0.25, 0.3) is 0 Å². The molecule has 2 aromatic carbocycles. The molecule has 6 heteroatoms. The van der Waals surface area contributed by atoms with Gasteiger partial charge in [0.2, 0.25) is 5.91 Å². The second kappa shape index (κ2) is 10.3. The van der Waals surface area contributed by atoms with Crippen LogP contribution in [0, 0.1) is 0 Å². The first-order valence-corrected chi connectivity index (χ1v) is 11.0. The van der Waals surface area contributed by atoms with Gasteiger partial charge >= 0.3 is 0 Å². The van der Waals surface area contributed by atoms with E-state index >= 15 is 0 Å². The highest BCUT2D eigenvalue weighted by Gasteiger charge is 2.25. The Balaban J connectivity index is 1.55.